The summed E-state index contributed by atoms with van der Waals surface area (Å²) in [5, 5.41) is 22.8. The van der Waals surface area contributed by atoms with Crippen LogP contribution in [0, 0.1) is 13.8 Å². The number of benzene rings is 2. The lowest BCUT2D eigenvalue weighted by Gasteiger charge is -2.29. The SMILES string of the molecule is Cc1cc(C(C)(C)C)cc(CSC2CCCCCC[C@@H]2SCc2cc(C(C)(C)C)cc(C)c2O)c1O. The van der Waals surface area contributed by atoms with E-state index in [9.17, 15) is 10.2 Å². The maximum absolute atomic E-state index is 10.8. The highest BCUT2D eigenvalue weighted by molar-refractivity contribution is 8.03. The van der Waals surface area contributed by atoms with Gasteiger partial charge < -0.3 is 10.2 Å². The molecule has 0 heterocycles. The van der Waals surface area contributed by atoms with Crippen molar-refractivity contribution >= 4 is 23.5 Å². The summed E-state index contributed by atoms with van der Waals surface area (Å²) in [7, 11) is 0. The molecular weight excluding hydrogens is 480 g/mol. The molecule has 0 radical (unpaired) electrons. The van der Waals surface area contributed by atoms with E-state index >= 15 is 0 Å². The van der Waals surface area contributed by atoms with Crippen LogP contribution in [-0.2, 0) is 22.3 Å². The predicted molar refractivity (Wildman–Crippen MR) is 161 cm³/mol. The van der Waals surface area contributed by atoms with Crippen LogP contribution >= 0.6 is 23.5 Å². The van der Waals surface area contributed by atoms with E-state index in [4.69, 9.17) is 0 Å². The lowest BCUT2D eigenvalue weighted by molar-refractivity contribution is 0.464. The minimum atomic E-state index is 0.0677. The molecule has 200 valence electrons. The van der Waals surface area contributed by atoms with Crippen LogP contribution in [0.4, 0.5) is 0 Å². The summed E-state index contributed by atoms with van der Waals surface area (Å²) in [6.07, 6.45) is 7.68. The first-order valence-corrected chi connectivity index (χ1v) is 15.8. The Labute approximate surface area is 229 Å². The minimum absolute atomic E-state index is 0.0677. The normalized spacial score (nSPS) is 19.7. The molecule has 0 bridgehead atoms. The summed E-state index contributed by atoms with van der Waals surface area (Å²) in [5.41, 5.74) is 6.82. The van der Waals surface area contributed by atoms with Crippen LogP contribution < -0.4 is 0 Å². The first-order valence-electron chi connectivity index (χ1n) is 13.7. The second-order valence-corrected chi connectivity index (χ2v) is 15.2. The number of aromatic hydroxyl groups is 2. The van der Waals surface area contributed by atoms with Crippen LogP contribution in [0.1, 0.15) is 113 Å². The summed E-state index contributed by atoms with van der Waals surface area (Å²) in [6, 6.07) is 8.72. The number of hydrogen-bond donors (Lipinski definition) is 2. The van der Waals surface area contributed by atoms with Gasteiger partial charge in [0.2, 0.25) is 0 Å². The van der Waals surface area contributed by atoms with Gasteiger partial charge in [0.15, 0.2) is 0 Å². The molecule has 2 N–H and O–H groups in total. The van der Waals surface area contributed by atoms with Gasteiger partial charge in [0.05, 0.1) is 0 Å². The zero-order valence-electron chi connectivity index (χ0n) is 23.8. The molecule has 0 aromatic heterocycles. The molecule has 36 heavy (non-hydrogen) atoms. The zero-order valence-corrected chi connectivity index (χ0v) is 25.5. The van der Waals surface area contributed by atoms with E-state index in [1.54, 1.807) is 0 Å². The smallest absolute Gasteiger partial charge is 0.122 e. The first kappa shape index (κ1) is 29.3. The molecule has 3 rings (SSSR count). The van der Waals surface area contributed by atoms with Crippen molar-refractivity contribution in [2.45, 2.75) is 127 Å². The van der Waals surface area contributed by atoms with E-state index in [0.29, 0.717) is 22.0 Å². The fraction of sp³-hybridized carbons (Fsp3) is 0.625. The lowest BCUT2D eigenvalue weighted by atomic mass is 9.85. The fourth-order valence-corrected chi connectivity index (χ4v) is 8.05. The highest BCUT2D eigenvalue weighted by atomic mass is 32.2. The molecule has 2 aromatic carbocycles. The Balaban J connectivity index is 1.78. The molecule has 1 aliphatic rings. The van der Waals surface area contributed by atoms with Crippen molar-refractivity contribution in [3.63, 3.8) is 0 Å². The Morgan fingerprint density at radius 2 is 1.00 bits per heavy atom. The second-order valence-electron chi connectivity index (χ2n) is 12.8. The quantitative estimate of drug-likeness (QED) is 0.391. The van der Waals surface area contributed by atoms with Gasteiger partial charge in [-0.2, -0.15) is 23.5 Å². The Hall–Kier alpha value is -1.26. The average molecular weight is 529 g/mol. The molecule has 2 aromatic rings. The molecule has 0 aliphatic heterocycles. The van der Waals surface area contributed by atoms with Crippen molar-refractivity contribution in [3.05, 3.63) is 57.6 Å². The van der Waals surface area contributed by atoms with E-state index in [1.165, 1.54) is 49.7 Å². The second kappa shape index (κ2) is 12.1. The van der Waals surface area contributed by atoms with Crippen LogP contribution in [0.2, 0.25) is 0 Å². The first-order chi connectivity index (χ1) is 16.8. The fourth-order valence-electron chi connectivity index (χ4n) is 4.98. The van der Waals surface area contributed by atoms with Crippen molar-refractivity contribution in [2.24, 2.45) is 0 Å². The molecule has 0 amide bonds. The average Bonchev–Trinajstić information content (AvgIpc) is 2.76. The number of thioether (sulfide) groups is 2. The Bertz CT molecular complexity index is 946. The molecule has 4 heteroatoms. The van der Waals surface area contributed by atoms with Crippen molar-refractivity contribution in [1.29, 1.82) is 0 Å². The monoisotopic (exact) mass is 528 g/mol. The van der Waals surface area contributed by atoms with Crippen LogP contribution in [0.15, 0.2) is 24.3 Å². The van der Waals surface area contributed by atoms with E-state index in [2.05, 4.69) is 65.8 Å². The molecule has 1 unspecified atom stereocenters. The highest BCUT2D eigenvalue weighted by Gasteiger charge is 2.26. The van der Waals surface area contributed by atoms with Crippen molar-refractivity contribution in [3.8, 4) is 11.5 Å². The van der Waals surface area contributed by atoms with Crippen molar-refractivity contribution < 1.29 is 10.2 Å². The summed E-state index contributed by atoms with van der Waals surface area (Å²) in [4.78, 5) is 0. The minimum Gasteiger partial charge on any atom is -0.507 e. The van der Waals surface area contributed by atoms with Gasteiger partial charge in [-0.15, -0.1) is 0 Å². The van der Waals surface area contributed by atoms with Gasteiger partial charge in [0.25, 0.3) is 0 Å². The Morgan fingerprint density at radius 3 is 1.33 bits per heavy atom. The van der Waals surface area contributed by atoms with E-state index in [1.807, 2.05) is 37.4 Å². The third kappa shape index (κ3) is 7.63. The third-order valence-electron chi connectivity index (χ3n) is 7.54. The van der Waals surface area contributed by atoms with Gasteiger partial charge in [-0.3, -0.25) is 0 Å². The van der Waals surface area contributed by atoms with Gasteiger partial charge in [-0.05, 0) is 59.8 Å². The maximum atomic E-state index is 10.8. The number of rotatable bonds is 6. The van der Waals surface area contributed by atoms with Gasteiger partial charge in [-0.25, -0.2) is 0 Å². The Morgan fingerprint density at radius 1 is 0.639 bits per heavy atom. The lowest BCUT2D eigenvalue weighted by Crippen LogP contribution is -2.22. The number of hydrogen-bond acceptors (Lipinski definition) is 4. The zero-order chi connectivity index (χ0) is 26.7. The summed E-state index contributed by atoms with van der Waals surface area (Å²) in [5.74, 6) is 2.62. The van der Waals surface area contributed by atoms with E-state index < -0.39 is 0 Å². The van der Waals surface area contributed by atoms with Crippen LogP contribution in [0.3, 0.4) is 0 Å². The van der Waals surface area contributed by atoms with Crippen molar-refractivity contribution in [2.75, 3.05) is 0 Å². The van der Waals surface area contributed by atoms with Gasteiger partial charge in [0.1, 0.15) is 11.5 Å². The summed E-state index contributed by atoms with van der Waals surface area (Å²) in [6.45, 7) is 17.5. The number of phenolic OH excluding ortho intramolecular Hbond substituents is 2. The van der Waals surface area contributed by atoms with Crippen LogP contribution in [0.5, 0.6) is 11.5 Å². The van der Waals surface area contributed by atoms with E-state index in [-0.39, 0.29) is 10.8 Å². The third-order valence-corrected chi connectivity index (χ3v) is 10.7. The predicted octanol–water partition coefficient (Wildman–Crippen LogP) is 9.57. The standard InChI is InChI=1S/C32H48O2S2/c1-21-15-25(31(3,4)5)17-23(29(21)33)19-35-27-13-11-9-10-12-14-28(27)36-20-24-18-26(32(6,7)8)16-22(2)30(24)34/h15-18,27-28,33-34H,9-14,19-20H2,1-8H3/t27-,28?/m0/s1. The molecule has 1 aliphatic carbocycles. The van der Waals surface area contributed by atoms with Crippen molar-refractivity contribution in [1.82, 2.24) is 0 Å². The number of phenols is 2. The molecule has 0 spiro atoms. The molecule has 2 atom stereocenters. The molecular formula is C32H48O2S2. The summed E-state index contributed by atoms with van der Waals surface area (Å²) < 4.78 is 0. The molecule has 1 fully saturated rings. The maximum Gasteiger partial charge on any atom is 0.122 e. The van der Waals surface area contributed by atoms with Crippen LogP contribution in [-0.4, -0.2) is 20.7 Å². The molecule has 2 nitrogen and oxygen atoms in total. The largest absolute Gasteiger partial charge is 0.507 e. The topological polar surface area (TPSA) is 40.5 Å². The van der Waals surface area contributed by atoms with Gasteiger partial charge in [0, 0.05) is 33.1 Å². The van der Waals surface area contributed by atoms with Gasteiger partial charge in [-0.1, -0.05) is 91.5 Å². The van der Waals surface area contributed by atoms with E-state index in [0.717, 1.165) is 33.8 Å². The molecule has 1 saturated carbocycles. The summed E-state index contributed by atoms with van der Waals surface area (Å²) >= 11 is 4.06. The molecule has 0 saturated heterocycles. The van der Waals surface area contributed by atoms with Crippen LogP contribution in [0.25, 0.3) is 0 Å². The Kier molecular flexibility index (Phi) is 9.82. The highest BCUT2D eigenvalue weighted by Crippen LogP contribution is 2.41. The number of aryl methyl sites for hydroxylation is 2. The van der Waals surface area contributed by atoms with Gasteiger partial charge >= 0.3 is 0 Å².